The molecule has 1 aliphatic heterocycles. The van der Waals surface area contributed by atoms with Crippen LogP contribution < -0.4 is 0 Å². The van der Waals surface area contributed by atoms with Gasteiger partial charge < -0.3 is 18.4 Å². The molecule has 1 saturated carbocycles. The lowest BCUT2D eigenvalue weighted by molar-refractivity contribution is -0.0361. The number of hydrogen-bond donors (Lipinski definition) is 1. The first-order chi connectivity index (χ1) is 16.9. The van der Waals surface area contributed by atoms with Crippen molar-refractivity contribution in [3.63, 3.8) is 0 Å². The molecule has 1 N–H and O–H groups in total. The fourth-order valence-electron chi connectivity index (χ4n) is 6.10. The molecule has 1 aromatic rings. The van der Waals surface area contributed by atoms with Gasteiger partial charge in [-0.3, -0.25) is 14.5 Å². The van der Waals surface area contributed by atoms with Crippen LogP contribution in [0.25, 0.3) is 0 Å². The predicted octanol–water partition coefficient (Wildman–Crippen LogP) is 4.89. The third-order valence-corrected chi connectivity index (χ3v) is 17.0. The lowest BCUT2D eigenvalue weighted by Gasteiger charge is -2.43. The molecule has 7 nitrogen and oxygen atoms in total. The molecule has 2 aliphatic rings. The van der Waals surface area contributed by atoms with Gasteiger partial charge in [-0.05, 0) is 40.7 Å². The van der Waals surface area contributed by atoms with E-state index in [0.29, 0.717) is 35.2 Å². The fraction of sp³-hybridized carbons (Fsp3) is 0.704. The minimum atomic E-state index is -2.64. The van der Waals surface area contributed by atoms with Crippen LogP contribution in [0.2, 0.25) is 22.2 Å². The number of carbonyl (C=O) groups excluding carboxylic acids is 2. The summed E-state index contributed by atoms with van der Waals surface area (Å²) in [6.45, 7) is 18.0. The molecule has 2 amide bonds. The van der Waals surface area contributed by atoms with Gasteiger partial charge in [-0.2, -0.15) is 0 Å². The van der Waals surface area contributed by atoms with E-state index in [1.54, 1.807) is 24.3 Å². The highest BCUT2D eigenvalue weighted by Gasteiger charge is 2.53. The third kappa shape index (κ3) is 5.28. The van der Waals surface area contributed by atoms with Crippen molar-refractivity contribution in [3.8, 4) is 0 Å². The van der Waals surface area contributed by atoms with Gasteiger partial charge in [-0.1, -0.05) is 67.5 Å². The Morgan fingerprint density at radius 3 is 1.89 bits per heavy atom. The maximum atomic E-state index is 13.1. The first-order valence-electron chi connectivity index (χ1n) is 13.4. The van der Waals surface area contributed by atoms with Gasteiger partial charge in [0.1, 0.15) is 6.10 Å². The number of aliphatic hydroxyl groups excluding tert-OH is 1. The van der Waals surface area contributed by atoms with Crippen molar-refractivity contribution in [2.45, 2.75) is 102 Å². The van der Waals surface area contributed by atoms with Gasteiger partial charge in [0.15, 0.2) is 9.04 Å². The number of carbonyl (C=O) groups is 2. The average Bonchev–Trinajstić information content (AvgIpc) is 3.25. The Bertz CT molecular complexity index is 886. The van der Waals surface area contributed by atoms with E-state index in [-0.39, 0.29) is 28.8 Å². The normalized spacial score (nSPS) is 24.9. The number of aliphatic hydroxyl groups is 1. The lowest BCUT2D eigenvalue weighted by Crippen LogP contribution is -2.54. The van der Waals surface area contributed by atoms with E-state index in [0.717, 1.165) is 0 Å². The van der Waals surface area contributed by atoms with Crippen molar-refractivity contribution in [1.82, 2.24) is 4.90 Å². The van der Waals surface area contributed by atoms with Crippen LogP contribution >= 0.6 is 0 Å². The maximum absolute atomic E-state index is 13.1. The van der Waals surface area contributed by atoms with Crippen LogP contribution in [-0.2, 0) is 13.3 Å². The van der Waals surface area contributed by atoms with E-state index in [4.69, 9.17) is 13.3 Å². The van der Waals surface area contributed by atoms with Crippen LogP contribution in [0.3, 0.4) is 0 Å². The molecule has 0 spiro atoms. The standard InChI is InChI=1S/C27H45NO6Si2/c1-16(2)35(17(3)4)34-36(18(5)6,19(7)8)33-15-20-14-23(25(32-9)24(20)29)28-26(30)21-12-10-11-13-22(21)27(28)31/h10-13,16-20,23-25,29,35H,14-15H2,1-9H3. The molecule has 0 aromatic heterocycles. The molecule has 4 atom stereocenters. The van der Waals surface area contributed by atoms with Gasteiger partial charge in [0.2, 0.25) is 0 Å². The summed E-state index contributed by atoms with van der Waals surface area (Å²) < 4.78 is 19.5. The quantitative estimate of drug-likeness (QED) is 0.321. The summed E-state index contributed by atoms with van der Waals surface area (Å²) >= 11 is 0. The molecule has 0 saturated heterocycles. The van der Waals surface area contributed by atoms with E-state index in [2.05, 4.69) is 55.4 Å². The van der Waals surface area contributed by atoms with Crippen LogP contribution in [0, 0.1) is 5.92 Å². The van der Waals surface area contributed by atoms with Crippen LogP contribution in [0.1, 0.15) is 82.5 Å². The number of nitrogens with zero attached hydrogens (tertiary/aromatic N) is 1. The molecule has 202 valence electrons. The van der Waals surface area contributed by atoms with Gasteiger partial charge in [0.05, 0.1) is 23.3 Å². The zero-order valence-corrected chi connectivity index (χ0v) is 25.5. The summed E-state index contributed by atoms with van der Waals surface area (Å²) in [6.07, 6.45) is -1.08. The first kappa shape index (κ1) is 29.2. The van der Waals surface area contributed by atoms with Gasteiger partial charge in [0, 0.05) is 19.6 Å². The number of imide groups is 1. The van der Waals surface area contributed by atoms with Crippen LogP contribution in [0.5, 0.6) is 0 Å². The second kappa shape index (κ2) is 11.6. The Morgan fingerprint density at radius 2 is 1.47 bits per heavy atom. The molecule has 1 aromatic carbocycles. The number of rotatable bonds is 11. The number of fused-ring (bicyclic) bond motifs is 1. The van der Waals surface area contributed by atoms with Crippen LogP contribution in [-0.4, -0.2) is 71.4 Å². The number of benzene rings is 1. The Kier molecular flexibility index (Phi) is 9.38. The molecular formula is C27H45NO6Si2. The Morgan fingerprint density at radius 1 is 0.972 bits per heavy atom. The summed E-state index contributed by atoms with van der Waals surface area (Å²) in [4.78, 5) is 27.6. The van der Waals surface area contributed by atoms with Gasteiger partial charge >= 0.3 is 8.56 Å². The third-order valence-electron chi connectivity index (χ3n) is 7.94. The number of amides is 2. The molecule has 0 radical (unpaired) electrons. The highest BCUT2D eigenvalue weighted by molar-refractivity contribution is 6.78. The SMILES string of the molecule is COC1C(O)C(CO[Si](O[SiH](C(C)C)C(C)C)(C(C)C)C(C)C)CC1N1C(=O)c2ccccc2C1=O. The Hall–Kier alpha value is -1.37. The van der Waals surface area contributed by atoms with Gasteiger partial charge in [-0.15, -0.1) is 0 Å². The molecule has 3 rings (SSSR count). The van der Waals surface area contributed by atoms with Crippen LogP contribution in [0.15, 0.2) is 24.3 Å². The van der Waals surface area contributed by atoms with Crippen LogP contribution in [0.4, 0.5) is 0 Å². The second-order valence-electron chi connectivity index (χ2n) is 11.7. The zero-order valence-electron chi connectivity index (χ0n) is 23.4. The number of hydrogen-bond acceptors (Lipinski definition) is 6. The number of ether oxygens (including phenoxy) is 1. The molecule has 9 heteroatoms. The van der Waals surface area contributed by atoms with Gasteiger partial charge in [0.25, 0.3) is 11.8 Å². The predicted molar refractivity (Wildman–Crippen MR) is 146 cm³/mol. The monoisotopic (exact) mass is 535 g/mol. The Balaban J connectivity index is 1.83. The molecule has 1 aliphatic carbocycles. The molecule has 4 unspecified atom stereocenters. The molecule has 1 fully saturated rings. The van der Waals surface area contributed by atoms with E-state index in [9.17, 15) is 14.7 Å². The topological polar surface area (TPSA) is 85.3 Å². The number of methoxy groups -OCH3 is 1. The van der Waals surface area contributed by atoms with Crippen molar-refractivity contribution in [2.24, 2.45) is 5.92 Å². The highest BCUT2D eigenvalue weighted by atomic mass is 28.4. The van der Waals surface area contributed by atoms with Crippen molar-refractivity contribution >= 4 is 29.4 Å². The summed E-state index contributed by atoms with van der Waals surface area (Å²) in [7, 11) is -2.66. The highest BCUT2D eigenvalue weighted by Crippen LogP contribution is 2.41. The first-order valence-corrected chi connectivity index (χ1v) is 17.1. The summed E-state index contributed by atoms with van der Waals surface area (Å²) in [5, 5.41) is 11.2. The average molecular weight is 536 g/mol. The van der Waals surface area contributed by atoms with E-state index >= 15 is 0 Å². The summed E-state index contributed by atoms with van der Waals surface area (Å²) in [5.74, 6) is -0.915. The lowest BCUT2D eigenvalue weighted by atomic mass is 10.1. The minimum absolute atomic E-state index is 0.244. The second-order valence-corrected chi connectivity index (χ2v) is 20.3. The van der Waals surface area contributed by atoms with Gasteiger partial charge in [-0.25, -0.2) is 0 Å². The summed E-state index contributed by atoms with van der Waals surface area (Å²) in [6, 6.07) is 6.32. The minimum Gasteiger partial charge on any atom is -0.437 e. The maximum Gasteiger partial charge on any atom is 0.333 e. The zero-order chi connectivity index (χ0) is 26.9. The van der Waals surface area contributed by atoms with E-state index < -0.39 is 35.9 Å². The largest absolute Gasteiger partial charge is 0.437 e. The van der Waals surface area contributed by atoms with E-state index in [1.807, 2.05) is 0 Å². The molecule has 0 bridgehead atoms. The van der Waals surface area contributed by atoms with Crippen molar-refractivity contribution < 1.29 is 28.0 Å². The van der Waals surface area contributed by atoms with Crippen molar-refractivity contribution in [2.75, 3.05) is 13.7 Å². The Labute approximate surface area is 219 Å². The summed E-state index contributed by atoms with van der Waals surface area (Å²) in [5.41, 5.74) is 2.29. The fourth-order valence-corrected chi connectivity index (χ4v) is 16.4. The molecule has 36 heavy (non-hydrogen) atoms. The molecule has 1 heterocycles. The smallest absolute Gasteiger partial charge is 0.333 e. The van der Waals surface area contributed by atoms with E-state index in [1.165, 1.54) is 12.0 Å². The molecular weight excluding hydrogens is 490 g/mol. The van der Waals surface area contributed by atoms with Crippen molar-refractivity contribution in [1.29, 1.82) is 0 Å². The van der Waals surface area contributed by atoms with Crippen molar-refractivity contribution in [3.05, 3.63) is 35.4 Å².